The normalized spacial score (nSPS) is 10.8. The number of rotatable bonds is 8. The van der Waals surface area contributed by atoms with E-state index < -0.39 is 0 Å². The zero-order valence-corrected chi connectivity index (χ0v) is 14.9. The number of aromatic amines is 1. The summed E-state index contributed by atoms with van der Waals surface area (Å²) in [5.41, 5.74) is 2.73. The summed E-state index contributed by atoms with van der Waals surface area (Å²) < 4.78 is 5.52. The highest BCUT2D eigenvalue weighted by atomic mass is 32.2. The van der Waals surface area contributed by atoms with Crippen molar-refractivity contribution >= 4 is 34.4 Å². The monoisotopic (exact) mass is 355 g/mol. The topological polar surface area (TPSA) is 67.0 Å². The fourth-order valence-electron chi connectivity index (χ4n) is 2.46. The van der Waals surface area contributed by atoms with Crippen LogP contribution in [0, 0.1) is 0 Å². The van der Waals surface area contributed by atoms with E-state index in [1.54, 1.807) is 11.8 Å². The van der Waals surface area contributed by atoms with Crippen molar-refractivity contribution in [1.29, 1.82) is 0 Å². The number of carbonyl (C=O) groups is 1. The van der Waals surface area contributed by atoms with Crippen LogP contribution in [0.1, 0.15) is 19.8 Å². The maximum absolute atomic E-state index is 12.1. The van der Waals surface area contributed by atoms with Gasteiger partial charge in [0.25, 0.3) is 0 Å². The predicted octanol–water partition coefficient (Wildman–Crippen LogP) is 4.47. The molecule has 0 aliphatic carbocycles. The number of carbonyl (C=O) groups excluding carboxylic acids is 1. The Morgan fingerprint density at radius 2 is 2.00 bits per heavy atom. The molecule has 25 heavy (non-hydrogen) atoms. The van der Waals surface area contributed by atoms with Crippen LogP contribution in [0.15, 0.2) is 53.7 Å². The molecule has 3 rings (SSSR count). The molecule has 2 aromatic carbocycles. The second kappa shape index (κ2) is 8.58. The average molecular weight is 355 g/mol. The molecular formula is C19H21N3O2S. The number of fused-ring (bicyclic) bond motifs is 1. The lowest BCUT2D eigenvalue weighted by Gasteiger charge is -2.11. The first-order valence-corrected chi connectivity index (χ1v) is 9.34. The van der Waals surface area contributed by atoms with Crippen LogP contribution in [-0.2, 0) is 4.79 Å². The first-order valence-electron chi connectivity index (χ1n) is 8.35. The van der Waals surface area contributed by atoms with Crippen molar-refractivity contribution < 1.29 is 9.53 Å². The van der Waals surface area contributed by atoms with Crippen LogP contribution >= 0.6 is 11.8 Å². The van der Waals surface area contributed by atoms with Crippen molar-refractivity contribution in [1.82, 2.24) is 9.97 Å². The van der Waals surface area contributed by atoms with Gasteiger partial charge in [0, 0.05) is 12.2 Å². The van der Waals surface area contributed by atoms with E-state index in [-0.39, 0.29) is 5.91 Å². The molecule has 0 unspecified atom stereocenters. The lowest BCUT2D eigenvalue weighted by molar-refractivity contribution is -0.116. The van der Waals surface area contributed by atoms with Crippen molar-refractivity contribution in [3.8, 4) is 5.75 Å². The van der Waals surface area contributed by atoms with Crippen molar-refractivity contribution in [3.05, 3.63) is 48.5 Å². The molecule has 0 saturated carbocycles. The van der Waals surface area contributed by atoms with Crippen LogP contribution in [-0.4, -0.2) is 28.2 Å². The minimum absolute atomic E-state index is 0.00245. The number of imidazole rings is 1. The van der Waals surface area contributed by atoms with Gasteiger partial charge >= 0.3 is 0 Å². The van der Waals surface area contributed by atoms with Gasteiger partial charge < -0.3 is 15.0 Å². The lowest BCUT2D eigenvalue weighted by atomic mass is 10.2. The number of H-pyrrole nitrogens is 1. The molecule has 0 saturated heterocycles. The molecule has 0 atom stereocenters. The van der Waals surface area contributed by atoms with Gasteiger partial charge in [-0.1, -0.05) is 36.0 Å². The van der Waals surface area contributed by atoms with Gasteiger partial charge in [-0.3, -0.25) is 4.79 Å². The average Bonchev–Trinajstić information content (AvgIpc) is 3.03. The highest BCUT2D eigenvalue weighted by molar-refractivity contribution is 7.99. The Balaban J connectivity index is 1.45. The third-order valence-electron chi connectivity index (χ3n) is 3.62. The summed E-state index contributed by atoms with van der Waals surface area (Å²) in [4.78, 5) is 19.9. The molecule has 1 aromatic heterocycles. The maximum Gasteiger partial charge on any atom is 0.224 e. The van der Waals surface area contributed by atoms with Gasteiger partial charge in [0.05, 0.1) is 23.3 Å². The van der Waals surface area contributed by atoms with Gasteiger partial charge in [0.1, 0.15) is 5.75 Å². The molecule has 0 fully saturated rings. The summed E-state index contributed by atoms with van der Waals surface area (Å²) in [6.07, 6.45) is 1.25. The lowest BCUT2D eigenvalue weighted by Crippen LogP contribution is -2.12. The van der Waals surface area contributed by atoms with Crippen LogP contribution in [0.25, 0.3) is 11.0 Å². The minimum Gasteiger partial charge on any atom is -0.492 e. The third-order valence-corrected chi connectivity index (χ3v) is 4.58. The van der Waals surface area contributed by atoms with E-state index >= 15 is 0 Å². The van der Waals surface area contributed by atoms with Gasteiger partial charge in [0.2, 0.25) is 5.91 Å². The number of benzene rings is 2. The number of hydrogen-bond donors (Lipinski definition) is 2. The zero-order valence-electron chi connectivity index (χ0n) is 14.1. The number of hydrogen-bond acceptors (Lipinski definition) is 4. The fraction of sp³-hybridized carbons (Fsp3) is 0.263. The Bertz CT molecular complexity index is 814. The Labute approximate surface area is 151 Å². The SMILES string of the molecule is CCOc1ccccc1NC(=O)CCCSc1nc2ccccc2[nH]1. The molecule has 0 spiro atoms. The van der Waals surface area contributed by atoms with Gasteiger partial charge in [-0.15, -0.1) is 0 Å². The molecule has 130 valence electrons. The van der Waals surface area contributed by atoms with Crippen molar-refractivity contribution in [3.63, 3.8) is 0 Å². The Morgan fingerprint density at radius 3 is 2.84 bits per heavy atom. The first kappa shape index (κ1) is 17.4. The fourth-order valence-corrected chi connectivity index (χ4v) is 3.29. The number of ether oxygens (including phenoxy) is 1. The van der Waals surface area contributed by atoms with Gasteiger partial charge in [-0.05, 0) is 37.6 Å². The molecular weight excluding hydrogens is 334 g/mol. The maximum atomic E-state index is 12.1. The molecule has 3 aromatic rings. The van der Waals surface area contributed by atoms with E-state index in [1.807, 2.05) is 55.5 Å². The molecule has 2 N–H and O–H groups in total. The summed E-state index contributed by atoms with van der Waals surface area (Å²) in [7, 11) is 0. The summed E-state index contributed by atoms with van der Waals surface area (Å²) >= 11 is 1.63. The highest BCUT2D eigenvalue weighted by Gasteiger charge is 2.08. The molecule has 5 nitrogen and oxygen atoms in total. The summed E-state index contributed by atoms with van der Waals surface area (Å²) in [5, 5.41) is 3.81. The predicted molar refractivity (Wildman–Crippen MR) is 102 cm³/mol. The number of anilines is 1. The van der Waals surface area contributed by atoms with Crippen LogP contribution in [0.4, 0.5) is 5.69 Å². The number of amides is 1. The molecule has 0 bridgehead atoms. The van der Waals surface area contributed by atoms with Gasteiger partial charge in [0.15, 0.2) is 5.16 Å². The number of nitrogens with one attached hydrogen (secondary N) is 2. The van der Waals surface area contributed by atoms with Crippen LogP contribution in [0.2, 0.25) is 0 Å². The molecule has 6 heteroatoms. The van der Waals surface area contributed by atoms with Crippen molar-refractivity contribution in [2.45, 2.75) is 24.9 Å². The summed E-state index contributed by atoms with van der Waals surface area (Å²) in [5.74, 6) is 1.53. The largest absolute Gasteiger partial charge is 0.492 e. The summed E-state index contributed by atoms with van der Waals surface area (Å²) in [6.45, 7) is 2.49. The van der Waals surface area contributed by atoms with E-state index in [0.29, 0.717) is 18.8 Å². The molecule has 1 heterocycles. The first-order chi connectivity index (χ1) is 12.3. The summed E-state index contributed by atoms with van der Waals surface area (Å²) in [6, 6.07) is 15.4. The Morgan fingerprint density at radius 1 is 1.20 bits per heavy atom. The van der Waals surface area contributed by atoms with Crippen LogP contribution in [0.3, 0.4) is 0 Å². The quantitative estimate of drug-likeness (QED) is 0.462. The van der Waals surface area contributed by atoms with Crippen molar-refractivity contribution in [2.24, 2.45) is 0 Å². The van der Waals surface area contributed by atoms with Crippen LogP contribution in [0.5, 0.6) is 5.75 Å². The van der Waals surface area contributed by atoms with Crippen molar-refractivity contribution in [2.75, 3.05) is 17.7 Å². The van der Waals surface area contributed by atoms with E-state index in [1.165, 1.54) is 0 Å². The Kier molecular flexibility index (Phi) is 5.95. The zero-order chi connectivity index (χ0) is 17.5. The molecule has 0 aliphatic rings. The van der Waals surface area contributed by atoms with Crippen LogP contribution < -0.4 is 10.1 Å². The number of para-hydroxylation sites is 4. The smallest absolute Gasteiger partial charge is 0.224 e. The van der Waals surface area contributed by atoms with E-state index in [2.05, 4.69) is 15.3 Å². The molecule has 1 amide bonds. The Hall–Kier alpha value is -2.47. The molecule has 0 radical (unpaired) electrons. The van der Waals surface area contributed by atoms with Gasteiger partial charge in [-0.25, -0.2) is 4.98 Å². The highest BCUT2D eigenvalue weighted by Crippen LogP contribution is 2.24. The number of aromatic nitrogens is 2. The number of nitrogens with zero attached hydrogens (tertiary/aromatic N) is 1. The minimum atomic E-state index is -0.00245. The molecule has 0 aliphatic heterocycles. The van der Waals surface area contributed by atoms with E-state index in [9.17, 15) is 4.79 Å². The van der Waals surface area contributed by atoms with Gasteiger partial charge in [-0.2, -0.15) is 0 Å². The standard InChI is InChI=1S/C19H21N3O2S/c1-2-24-17-11-6-5-10-16(17)20-18(23)12-7-13-25-19-21-14-8-3-4-9-15(14)22-19/h3-6,8-11H,2,7,12-13H2,1H3,(H,20,23)(H,21,22). The number of thioether (sulfide) groups is 1. The van der Waals surface area contributed by atoms with E-state index in [4.69, 9.17) is 4.74 Å². The van der Waals surface area contributed by atoms with E-state index in [0.717, 1.165) is 34.1 Å². The third kappa shape index (κ3) is 4.76. The second-order valence-electron chi connectivity index (χ2n) is 5.49. The second-order valence-corrected chi connectivity index (χ2v) is 6.57.